The predicted molar refractivity (Wildman–Crippen MR) is 85.5 cm³/mol. The van der Waals surface area contributed by atoms with Gasteiger partial charge in [0.1, 0.15) is 5.82 Å². The number of carbonyl (C=O) groups is 1. The van der Waals surface area contributed by atoms with Gasteiger partial charge in [-0.3, -0.25) is 9.52 Å². The van der Waals surface area contributed by atoms with Crippen LogP contribution in [-0.2, 0) is 10.0 Å². The molecule has 0 aliphatic carbocycles. The highest BCUT2D eigenvalue weighted by molar-refractivity contribution is 7.92. The normalized spacial score (nSPS) is 17.6. The molecule has 1 aromatic carbocycles. The smallest absolute Gasteiger partial charge is 0.253 e. The maximum atomic E-state index is 13.3. The van der Waals surface area contributed by atoms with E-state index in [0.29, 0.717) is 6.54 Å². The van der Waals surface area contributed by atoms with E-state index in [4.69, 9.17) is 0 Å². The number of anilines is 1. The molecule has 1 aromatic rings. The number of nitrogens with one attached hydrogen (secondary N) is 3. The lowest BCUT2D eigenvalue weighted by Gasteiger charge is -2.14. The van der Waals surface area contributed by atoms with Gasteiger partial charge in [0, 0.05) is 12.6 Å². The molecule has 0 aromatic heterocycles. The molecule has 2 rings (SSSR count). The Balaban J connectivity index is 0.00000242. The van der Waals surface area contributed by atoms with Crippen LogP contribution >= 0.6 is 12.4 Å². The van der Waals surface area contributed by atoms with Crippen LogP contribution in [0.3, 0.4) is 0 Å². The van der Waals surface area contributed by atoms with Crippen molar-refractivity contribution in [2.75, 3.05) is 24.1 Å². The monoisotopic (exact) mass is 351 g/mol. The van der Waals surface area contributed by atoms with Crippen molar-refractivity contribution in [3.8, 4) is 0 Å². The standard InChI is InChI=1S/C13H18FN3O3S.ClH/c1-21(19,20)17-12-5-4-9(14)7-11(12)13(18)16-8-10-3-2-6-15-10;/h4-5,7,10,15,17H,2-3,6,8H2,1H3,(H,16,18);1H. The van der Waals surface area contributed by atoms with E-state index in [1.165, 1.54) is 6.07 Å². The fourth-order valence-corrected chi connectivity index (χ4v) is 2.81. The third-order valence-electron chi connectivity index (χ3n) is 3.19. The summed E-state index contributed by atoms with van der Waals surface area (Å²) in [6.07, 6.45) is 3.00. The van der Waals surface area contributed by atoms with Gasteiger partial charge in [-0.05, 0) is 37.6 Å². The van der Waals surface area contributed by atoms with Crippen molar-refractivity contribution in [3.63, 3.8) is 0 Å². The van der Waals surface area contributed by atoms with Gasteiger partial charge in [0.25, 0.3) is 5.91 Å². The summed E-state index contributed by atoms with van der Waals surface area (Å²) in [5.41, 5.74) is 0.0363. The molecule has 3 N–H and O–H groups in total. The lowest BCUT2D eigenvalue weighted by atomic mass is 10.1. The summed E-state index contributed by atoms with van der Waals surface area (Å²) in [5, 5.41) is 5.92. The maximum Gasteiger partial charge on any atom is 0.253 e. The molecule has 0 spiro atoms. The quantitative estimate of drug-likeness (QED) is 0.741. The number of sulfonamides is 1. The second-order valence-electron chi connectivity index (χ2n) is 5.07. The first-order chi connectivity index (χ1) is 9.85. The van der Waals surface area contributed by atoms with E-state index in [9.17, 15) is 17.6 Å². The Morgan fingerprint density at radius 1 is 1.45 bits per heavy atom. The average Bonchev–Trinajstić information content (AvgIpc) is 2.89. The van der Waals surface area contributed by atoms with Gasteiger partial charge in [-0.15, -0.1) is 12.4 Å². The van der Waals surface area contributed by atoms with E-state index in [-0.39, 0.29) is 29.7 Å². The number of amides is 1. The van der Waals surface area contributed by atoms with E-state index < -0.39 is 21.7 Å². The van der Waals surface area contributed by atoms with E-state index in [0.717, 1.165) is 37.8 Å². The Morgan fingerprint density at radius 3 is 2.77 bits per heavy atom. The van der Waals surface area contributed by atoms with Crippen molar-refractivity contribution in [1.29, 1.82) is 0 Å². The molecule has 1 unspecified atom stereocenters. The fraction of sp³-hybridized carbons (Fsp3) is 0.462. The van der Waals surface area contributed by atoms with Gasteiger partial charge < -0.3 is 10.6 Å². The summed E-state index contributed by atoms with van der Waals surface area (Å²) in [5.74, 6) is -1.10. The SMILES string of the molecule is CS(=O)(=O)Nc1ccc(F)cc1C(=O)NCC1CCCN1.Cl. The number of halogens is 2. The van der Waals surface area contributed by atoms with E-state index in [2.05, 4.69) is 15.4 Å². The van der Waals surface area contributed by atoms with E-state index >= 15 is 0 Å². The highest BCUT2D eigenvalue weighted by Crippen LogP contribution is 2.18. The Bertz CT molecular complexity index is 633. The minimum Gasteiger partial charge on any atom is -0.350 e. The van der Waals surface area contributed by atoms with Crippen LogP contribution in [-0.4, -0.2) is 39.7 Å². The lowest BCUT2D eigenvalue weighted by molar-refractivity contribution is 0.0951. The first-order valence-corrected chi connectivity index (χ1v) is 8.53. The number of hydrogen-bond donors (Lipinski definition) is 3. The van der Waals surface area contributed by atoms with Crippen LogP contribution in [0.2, 0.25) is 0 Å². The van der Waals surface area contributed by atoms with Crippen molar-refractivity contribution in [1.82, 2.24) is 10.6 Å². The zero-order chi connectivity index (χ0) is 15.5. The van der Waals surface area contributed by atoms with Crippen LogP contribution in [0, 0.1) is 5.82 Å². The third-order valence-corrected chi connectivity index (χ3v) is 3.78. The van der Waals surface area contributed by atoms with Gasteiger partial charge in [0.15, 0.2) is 0 Å². The summed E-state index contributed by atoms with van der Waals surface area (Å²) in [6.45, 7) is 1.34. The molecule has 1 aliphatic heterocycles. The van der Waals surface area contributed by atoms with Crippen LogP contribution in [0.5, 0.6) is 0 Å². The van der Waals surface area contributed by atoms with Crippen LogP contribution < -0.4 is 15.4 Å². The molecule has 1 fully saturated rings. The number of rotatable bonds is 5. The van der Waals surface area contributed by atoms with Crippen molar-refractivity contribution in [2.24, 2.45) is 0 Å². The topological polar surface area (TPSA) is 87.3 Å². The molecule has 1 saturated heterocycles. The Labute approximate surface area is 135 Å². The van der Waals surface area contributed by atoms with Crippen molar-refractivity contribution >= 4 is 34.0 Å². The van der Waals surface area contributed by atoms with Crippen LogP contribution in [0.4, 0.5) is 10.1 Å². The minimum atomic E-state index is -3.54. The molecular weight excluding hydrogens is 333 g/mol. The second kappa shape index (κ2) is 7.75. The summed E-state index contributed by atoms with van der Waals surface area (Å²) >= 11 is 0. The molecular formula is C13H19ClFN3O3S. The van der Waals surface area contributed by atoms with Gasteiger partial charge >= 0.3 is 0 Å². The zero-order valence-corrected chi connectivity index (χ0v) is 13.7. The van der Waals surface area contributed by atoms with Gasteiger partial charge in [-0.1, -0.05) is 0 Å². The van der Waals surface area contributed by atoms with Crippen LogP contribution in [0.25, 0.3) is 0 Å². The number of carbonyl (C=O) groups excluding carboxylic acids is 1. The molecule has 0 radical (unpaired) electrons. The van der Waals surface area contributed by atoms with Crippen molar-refractivity contribution in [3.05, 3.63) is 29.6 Å². The first kappa shape index (κ1) is 18.7. The van der Waals surface area contributed by atoms with Crippen LogP contribution in [0.1, 0.15) is 23.2 Å². The summed E-state index contributed by atoms with van der Waals surface area (Å²) in [7, 11) is -3.54. The van der Waals surface area contributed by atoms with Crippen molar-refractivity contribution < 1.29 is 17.6 Å². The van der Waals surface area contributed by atoms with E-state index in [1.54, 1.807) is 0 Å². The van der Waals surface area contributed by atoms with Crippen LogP contribution in [0.15, 0.2) is 18.2 Å². The maximum absolute atomic E-state index is 13.3. The molecule has 1 aliphatic rings. The Kier molecular flexibility index (Phi) is 6.58. The van der Waals surface area contributed by atoms with Gasteiger partial charge in [0.2, 0.25) is 10.0 Å². The average molecular weight is 352 g/mol. The summed E-state index contributed by atoms with van der Waals surface area (Å²) < 4.78 is 38.1. The predicted octanol–water partition coefficient (Wildman–Crippen LogP) is 1.10. The number of hydrogen-bond acceptors (Lipinski definition) is 4. The largest absolute Gasteiger partial charge is 0.350 e. The molecule has 124 valence electrons. The Morgan fingerprint density at radius 2 is 2.18 bits per heavy atom. The van der Waals surface area contributed by atoms with Gasteiger partial charge in [0.05, 0.1) is 17.5 Å². The molecule has 1 atom stereocenters. The number of benzene rings is 1. The van der Waals surface area contributed by atoms with Gasteiger partial charge in [-0.25, -0.2) is 12.8 Å². The lowest BCUT2D eigenvalue weighted by Crippen LogP contribution is -2.37. The highest BCUT2D eigenvalue weighted by Gasteiger charge is 2.18. The zero-order valence-electron chi connectivity index (χ0n) is 12.1. The molecule has 9 heteroatoms. The minimum absolute atomic E-state index is 0. The highest BCUT2D eigenvalue weighted by atomic mass is 35.5. The first-order valence-electron chi connectivity index (χ1n) is 6.64. The molecule has 0 bridgehead atoms. The molecule has 1 heterocycles. The van der Waals surface area contributed by atoms with Gasteiger partial charge in [-0.2, -0.15) is 0 Å². The Hall–Kier alpha value is -1.38. The molecule has 6 nitrogen and oxygen atoms in total. The second-order valence-corrected chi connectivity index (χ2v) is 6.82. The summed E-state index contributed by atoms with van der Waals surface area (Å²) in [4.78, 5) is 12.1. The molecule has 0 saturated carbocycles. The third kappa shape index (κ3) is 5.43. The molecule has 22 heavy (non-hydrogen) atoms. The summed E-state index contributed by atoms with van der Waals surface area (Å²) in [6, 6.07) is 3.56. The van der Waals surface area contributed by atoms with Crippen molar-refractivity contribution in [2.45, 2.75) is 18.9 Å². The van der Waals surface area contributed by atoms with E-state index in [1.807, 2.05) is 0 Å². The fourth-order valence-electron chi connectivity index (χ4n) is 2.24. The molecule has 1 amide bonds.